The molecule has 1 fully saturated rings. The summed E-state index contributed by atoms with van der Waals surface area (Å²) in [5.74, 6) is 1.86. The molecule has 16 heavy (non-hydrogen) atoms. The van der Waals surface area contributed by atoms with Crippen molar-refractivity contribution in [2.45, 2.75) is 45.2 Å². The quantitative estimate of drug-likeness (QED) is 0.793. The van der Waals surface area contributed by atoms with E-state index >= 15 is 0 Å². The van der Waals surface area contributed by atoms with Crippen molar-refractivity contribution in [3.63, 3.8) is 0 Å². The fraction of sp³-hybridized carbons (Fsp3) is 0.583. The lowest BCUT2D eigenvalue weighted by Crippen LogP contribution is -2.40. The Morgan fingerprint density at radius 1 is 1.44 bits per heavy atom. The molecule has 0 radical (unpaired) electrons. The highest BCUT2D eigenvalue weighted by Crippen LogP contribution is 2.17. The summed E-state index contributed by atoms with van der Waals surface area (Å²) < 4.78 is 5.45. The van der Waals surface area contributed by atoms with Gasteiger partial charge in [0.15, 0.2) is 5.11 Å². The van der Waals surface area contributed by atoms with Crippen molar-refractivity contribution in [2.75, 3.05) is 0 Å². The van der Waals surface area contributed by atoms with E-state index in [1.54, 1.807) is 0 Å². The lowest BCUT2D eigenvalue weighted by Gasteiger charge is -2.14. The minimum absolute atomic E-state index is 0.568. The van der Waals surface area contributed by atoms with Crippen LogP contribution in [-0.4, -0.2) is 11.2 Å². The number of thiocarbonyl (C=S) groups is 1. The Balaban J connectivity index is 1.71. The van der Waals surface area contributed by atoms with Gasteiger partial charge in [-0.1, -0.05) is 12.8 Å². The first-order valence-electron chi connectivity index (χ1n) is 5.84. The van der Waals surface area contributed by atoms with Gasteiger partial charge >= 0.3 is 0 Å². The van der Waals surface area contributed by atoms with Crippen molar-refractivity contribution < 1.29 is 4.42 Å². The summed E-state index contributed by atoms with van der Waals surface area (Å²) in [6, 6.07) is 4.50. The van der Waals surface area contributed by atoms with Gasteiger partial charge in [-0.3, -0.25) is 0 Å². The summed E-state index contributed by atoms with van der Waals surface area (Å²) in [5, 5.41) is 7.24. The van der Waals surface area contributed by atoms with Crippen molar-refractivity contribution in [1.29, 1.82) is 0 Å². The van der Waals surface area contributed by atoms with Crippen molar-refractivity contribution >= 4 is 17.3 Å². The van der Waals surface area contributed by atoms with E-state index in [2.05, 4.69) is 10.6 Å². The molecule has 3 nitrogen and oxygen atoms in total. The summed E-state index contributed by atoms with van der Waals surface area (Å²) in [6.45, 7) is 2.60. The summed E-state index contributed by atoms with van der Waals surface area (Å²) >= 11 is 5.23. The molecule has 1 saturated carbocycles. The molecule has 0 atom stereocenters. The van der Waals surface area contributed by atoms with E-state index in [1.165, 1.54) is 25.7 Å². The molecule has 0 spiro atoms. The lowest BCUT2D eigenvalue weighted by atomic mass is 10.3. The van der Waals surface area contributed by atoms with Crippen molar-refractivity contribution in [3.8, 4) is 0 Å². The van der Waals surface area contributed by atoms with Crippen LogP contribution in [0.3, 0.4) is 0 Å². The van der Waals surface area contributed by atoms with E-state index < -0.39 is 0 Å². The van der Waals surface area contributed by atoms with Crippen molar-refractivity contribution in [3.05, 3.63) is 23.7 Å². The smallest absolute Gasteiger partial charge is 0.166 e. The Labute approximate surface area is 102 Å². The highest BCUT2D eigenvalue weighted by Gasteiger charge is 2.15. The average Bonchev–Trinajstić information content (AvgIpc) is 2.87. The Kier molecular flexibility index (Phi) is 3.83. The van der Waals surface area contributed by atoms with Gasteiger partial charge < -0.3 is 15.1 Å². The molecule has 0 bridgehead atoms. The van der Waals surface area contributed by atoms with Crippen LogP contribution in [0.25, 0.3) is 0 Å². The SMILES string of the molecule is Cc1ccc(CNC(=S)NC2CCCC2)o1. The van der Waals surface area contributed by atoms with E-state index in [1.807, 2.05) is 19.1 Å². The second kappa shape index (κ2) is 5.34. The molecular formula is C12H18N2OS. The Hall–Kier alpha value is -1.03. The number of rotatable bonds is 3. The molecule has 0 aromatic carbocycles. The Bertz CT molecular complexity index is 356. The van der Waals surface area contributed by atoms with Crippen LogP contribution in [0.15, 0.2) is 16.5 Å². The Morgan fingerprint density at radius 3 is 2.81 bits per heavy atom. The molecule has 1 aliphatic carbocycles. The highest BCUT2D eigenvalue weighted by molar-refractivity contribution is 7.80. The van der Waals surface area contributed by atoms with Gasteiger partial charge in [-0.2, -0.15) is 0 Å². The van der Waals surface area contributed by atoms with Crippen molar-refractivity contribution in [1.82, 2.24) is 10.6 Å². The van der Waals surface area contributed by atoms with Crippen LogP contribution in [0.2, 0.25) is 0 Å². The van der Waals surface area contributed by atoms with Crippen LogP contribution in [0.5, 0.6) is 0 Å². The molecule has 1 aromatic heterocycles. The summed E-state index contributed by atoms with van der Waals surface area (Å²) in [6.07, 6.45) is 5.11. The van der Waals surface area contributed by atoms with E-state index in [0.29, 0.717) is 12.6 Å². The Morgan fingerprint density at radius 2 is 2.19 bits per heavy atom. The zero-order chi connectivity index (χ0) is 11.4. The normalized spacial score (nSPS) is 16.3. The number of nitrogens with one attached hydrogen (secondary N) is 2. The lowest BCUT2D eigenvalue weighted by molar-refractivity contribution is 0.476. The van der Waals surface area contributed by atoms with E-state index in [9.17, 15) is 0 Å². The van der Waals surface area contributed by atoms with Gasteiger partial charge in [0, 0.05) is 6.04 Å². The van der Waals surface area contributed by atoms with E-state index in [0.717, 1.165) is 16.6 Å². The molecular weight excluding hydrogens is 220 g/mol. The van der Waals surface area contributed by atoms with Crippen LogP contribution >= 0.6 is 12.2 Å². The van der Waals surface area contributed by atoms with Crippen LogP contribution in [0.4, 0.5) is 0 Å². The van der Waals surface area contributed by atoms with Gasteiger partial charge in [0.2, 0.25) is 0 Å². The molecule has 0 unspecified atom stereocenters. The fourth-order valence-electron chi connectivity index (χ4n) is 2.05. The molecule has 0 saturated heterocycles. The van der Waals surface area contributed by atoms with Gasteiger partial charge in [-0.15, -0.1) is 0 Å². The first-order valence-corrected chi connectivity index (χ1v) is 6.24. The summed E-state index contributed by atoms with van der Waals surface area (Å²) in [4.78, 5) is 0. The maximum absolute atomic E-state index is 5.45. The molecule has 4 heteroatoms. The standard InChI is InChI=1S/C12H18N2OS/c1-9-6-7-11(15-9)8-13-12(16)14-10-4-2-3-5-10/h6-7,10H,2-5,8H2,1H3,(H2,13,14,16). The maximum Gasteiger partial charge on any atom is 0.166 e. The van der Waals surface area contributed by atoms with E-state index in [4.69, 9.17) is 16.6 Å². The number of aryl methyl sites for hydroxylation is 1. The predicted molar refractivity (Wildman–Crippen MR) is 68.3 cm³/mol. The van der Waals surface area contributed by atoms with Gasteiger partial charge in [-0.25, -0.2) is 0 Å². The maximum atomic E-state index is 5.45. The third kappa shape index (κ3) is 3.23. The summed E-state index contributed by atoms with van der Waals surface area (Å²) in [5.41, 5.74) is 0. The minimum Gasteiger partial charge on any atom is -0.465 e. The molecule has 0 aliphatic heterocycles. The molecule has 1 aromatic rings. The van der Waals surface area contributed by atoms with Crippen molar-refractivity contribution in [2.24, 2.45) is 0 Å². The molecule has 1 aliphatic rings. The van der Waals surface area contributed by atoms with Crippen LogP contribution in [0.1, 0.15) is 37.2 Å². The topological polar surface area (TPSA) is 37.2 Å². The second-order valence-electron chi connectivity index (χ2n) is 4.32. The third-order valence-electron chi connectivity index (χ3n) is 2.91. The minimum atomic E-state index is 0.568. The highest BCUT2D eigenvalue weighted by atomic mass is 32.1. The number of furan rings is 1. The monoisotopic (exact) mass is 238 g/mol. The second-order valence-corrected chi connectivity index (χ2v) is 4.73. The van der Waals surface area contributed by atoms with E-state index in [-0.39, 0.29) is 0 Å². The van der Waals surface area contributed by atoms with Crippen LogP contribution in [-0.2, 0) is 6.54 Å². The van der Waals surface area contributed by atoms with Gasteiger partial charge in [0.05, 0.1) is 6.54 Å². The van der Waals surface area contributed by atoms with Gasteiger partial charge in [0.1, 0.15) is 11.5 Å². The van der Waals surface area contributed by atoms with Gasteiger partial charge in [0.25, 0.3) is 0 Å². The predicted octanol–water partition coefficient (Wildman–Crippen LogP) is 2.49. The zero-order valence-electron chi connectivity index (χ0n) is 9.58. The molecule has 1 heterocycles. The first-order chi connectivity index (χ1) is 7.74. The first kappa shape index (κ1) is 11.5. The fourth-order valence-corrected chi connectivity index (χ4v) is 2.29. The van der Waals surface area contributed by atoms with Crippen LogP contribution in [0, 0.1) is 6.92 Å². The molecule has 2 rings (SSSR count). The molecule has 88 valence electrons. The van der Waals surface area contributed by atoms with Gasteiger partial charge in [-0.05, 0) is 44.1 Å². The van der Waals surface area contributed by atoms with Crippen LogP contribution < -0.4 is 10.6 Å². The largest absolute Gasteiger partial charge is 0.465 e. The summed E-state index contributed by atoms with van der Waals surface area (Å²) in [7, 11) is 0. The number of hydrogen-bond donors (Lipinski definition) is 2. The zero-order valence-corrected chi connectivity index (χ0v) is 10.4. The average molecular weight is 238 g/mol. The third-order valence-corrected chi connectivity index (χ3v) is 3.17. The molecule has 0 amide bonds. The number of hydrogen-bond acceptors (Lipinski definition) is 2. The molecule has 2 N–H and O–H groups in total.